The van der Waals surface area contributed by atoms with Crippen molar-refractivity contribution in [2.45, 2.75) is 26.1 Å². The first-order valence-corrected chi connectivity index (χ1v) is 8.33. The van der Waals surface area contributed by atoms with Crippen molar-refractivity contribution in [1.82, 2.24) is 28.9 Å². The number of rotatable bonds is 4. The summed E-state index contributed by atoms with van der Waals surface area (Å²) in [6.45, 7) is 2.46. The van der Waals surface area contributed by atoms with Crippen LogP contribution in [0.25, 0.3) is 17.3 Å². The Kier molecular flexibility index (Phi) is 4.14. The predicted molar refractivity (Wildman–Crippen MR) is 91.9 cm³/mol. The molecule has 0 amide bonds. The van der Waals surface area contributed by atoms with Crippen molar-refractivity contribution in [1.29, 1.82) is 0 Å². The summed E-state index contributed by atoms with van der Waals surface area (Å²) in [5.41, 5.74) is 1.44. The van der Waals surface area contributed by atoms with Crippen LogP contribution < -0.4 is 0 Å². The van der Waals surface area contributed by atoms with Crippen molar-refractivity contribution < 1.29 is 13.2 Å². The third-order valence-electron chi connectivity index (χ3n) is 4.28. The number of pyridine rings is 1. The minimum Gasteiger partial charge on any atom is -0.324 e. The van der Waals surface area contributed by atoms with Gasteiger partial charge in [0.15, 0.2) is 5.82 Å². The highest BCUT2D eigenvalue weighted by molar-refractivity contribution is 5.50. The normalized spacial score (nSPS) is 12.0. The molecular formula is C18H15F3N6. The number of aromatic nitrogens is 6. The monoisotopic (exact) mass is 372 g/mol. The van der Waals surface area contributed by atoms with Crippen LogP contribution in [0.1, 0.15) is 23.9 Å². The molecule has 4 rings (SSSR count). The highest BCUT2D eigenvalue weighted by Gasteiger charge is 2.30. The molecule has 0 saturated heterocycles. The molecule has 4 heterocycles. The SMILES string of the molecule is CCc1c(Cn2ccnc2-c2ccc(C(F)(F)F)cn2)nc2ncccn12. The van der Waals surface area contributed by atoms with E-state index in [2.05, 4.69) is 19.9 Å². The van der Waals surface area contributed by atoms with Crippen LogP contribution in [0.5, 0.6) is 0 Å². The molecule has 0 saturated carbocycles. The van der Waals surface area contributed by atoms with Gasteiger partial charge >= 0.3 is 6.18 Å². The van der Waals surface area contributed by atoms with Crippen LogP contribution in [0, 0.1) is 0 Å². The summed E-state index contributed by atoms with van der Waals surface area (Å²) in [4.78, 5) is 17.0. The van der Waals surface area contributed by atoms with Gasteiger partial charge in [-0.3, -0.25) is 9.38 Å². The lowest BCUT2D eigenvalue weighted by Gasteiger charge is -2.09. The number of aryl methyl sites for hydroxylation is 1. The van der Waals surface area contributed by atoms with Gasteiger partial charge in [0.25, 0.3) is 0 Å². The third kappa shape index (κ3) is 3.16. The summed E-state index contributed by atoms with van der Waals surface area (Å²) in [6, 6.07) is 4.17. The first kappa shape index (κ1) is 17.2. The van der Waals surface area contributed by atoms with Gasteiger partial charge in [-0.2, -0.15) is 13.2 Å². The molecule has 0 radical (unpaired) electrons. The number of fused-ring (bicyclic) bond motifs is 1. The van der Waals surface area contributed by atoms with Gasteiger partial charge < -0.3 is 4.57 Å². The summed E-state index contributed by atoms with van der Waals surface area (Å²) in [6.07, 6.45) is 4.11. The molecular weight excluding hydrogens is 357 g/mol. The number of halogens is 3. The van der Waals surface area contributed by atoms with Crippen LogP contribution in [0.2, 0.25) is 0 Å². The molecule has 0 aliphatic heterocycles. The number of nitrogens with zero attached hydrogens (tertiary/aromatic N) is 6. The summed E-state index contributed by atoms with van der Waals surface area (Å²) in [5, 5.41) is 0. The molecule has 4 aromatic heterocycles. The van der Waals surface area contributed by atoms with Crippen LogP contribution in [-0.4, -0.2) is 28.9 Å². The molecule has 27 heavy (non-hydrogen) atoms. The topological polar surface area (TPSA) is 60.9 Å². The average Bonchev–Trinajstić information content (AvgIpc) is 3.25. The number of hydrogen-bond donors (Lipinski definition) is 0. The Hall–Kier alpha value is -3.23. The van der Waals surface area contributed by atoms with Gasteiger partial charge in [0.1, 0.15) is 5.69 Å². The van der Waals surface area contributed by atoms with Crippen molar-refractivity contribution in [3.05, 3.63) is 66.1 Å². The molecule has 0 fully saturated rings. The molecule has 0 aliphatic rings. The molecule has 0 N–H and O–H groups in total. The van der Waals surface area contributed by atoms with Gasteiger partial charge in [-0.1, -0.05) is 6.92 Å². The second kappa shape index (κ2) is 6.49. The predicted octanol–water partition coefficient (Wildman–Crippen LogP) is 3.62. The second-order valence-electron chi connectivity index (χ2n) is 5.96. The standard InChI is InChI=1S/C18H15F3N6/c1-2-15-14(25-17-23-6-3-8-27(15)17)11-26-9-7-22-16(26)13-5-4-12(10-24-13)18(19,20)21/h3-10H,2,11H2,1H3. The number of alkyl halides is 3. The maximum atomic E-state index is 12.7. The second-order valence-corrected chi connectivity index (χ2v) is 5.96. The molecule has 0 spiro atoms. The highest BCUT2D eigenvalue weighted by atomic mass is 19.4. The molecule has 138 valence electrons. The van der Waals surface area contributed by atoms with E-state index in [9.17, 15) is 13.2 Å². The lowest BCUT2D eigenvalue weighted by molar-refractivity contribution is -0.137. The molecule has 0 aliphatic carbocycles. The third-order valence-corrected chi connectivity index (χ3v) is 4.28. The minimum atomic E-state index is -4.42. The van der Waals surface area contributed by atoms with E-state index in [0.717, 1.165) is 30.1 Å². The average molecular weight is 372 g/mol. The first-order chi connectivity index (χ1) is 13.0. The molecule has 9 heteroatoms. The lowest BCUT2D eigenvalue weighted by atomic mass is 10.2. The van der Waals surface area contributed by atoms with Crippen molar-refractivity contribution in [3.8, 4) is 11.5 Å². The Labute approximate surface area is 152 Å². The van der Waals surface area contributed by atoms with Gasteiger partial charge in [0.2, 0.25) is 5.78 Å². The highest BCUT2D eigenvalue weighted by Crippen LogP contribution is 2.29. The van der Waals surface area contributed by atoms with Gasteiger partial charge in [0, 0.05) is 36.7 Å². The summed E-state index contributed by atoms with van der Waals surface area (Å²) >= 11 is 0. The Morgan fingerprint density at radius 3 is 2.59 bits per heavy atom. The van der Waals surface area contributed by atoms with Gasteiger partial charge in [-0.05, 0) is 24.6 Å². The van der Waals surface area contributed by atoms with Gasteiger partial charge in [-0.15, -0.1) is 0 Å². The van der Waals surface area contributed by atoms with E-state index in [-0.39, 0.29) is 0 Å². The van der Waals surface area contributed by atoms with Crippen LogP contribution in [0.15, 0.2) is 49.2 Å². The largest absolute Gasteiger partial charge is 0.417 e. The smallest absolute Gasteiger partial charge is 0.324 e. The van der Waals surface area contributed by atoms with E-state index in [0.29, 0.717) is 23.8 Å². The van der Waals surface area contributed by atoms with E-state index in [1.54, 1.807) is 18.6 Å². The Bertz CT molecular complexity index is 1080. The fraction of sp³-hybridized carbons (Fsp3) is 0.222. The Morgan fingerprint density at radius 1 is 1.04 bits per heavy atom. The fourth-order valence-electron chi connectivity index (χ4n) is 3.01. The fourth-order valence-corrected chi connectivity index (χ4v) is 3.01. The van der Waals surface area contributed by atoms with Crippen LogP contribution in [0.4, 0.5) is 13.2 Å². The molecule has 0 bridgehead atoms. The molecule has 0 aromatic carbocycles. The number of hydrogen-bond acceptors (Lipinski definition) is 4. The van der Waals surface area contributed by atoms with Crippen molar-refractivity contribution in [3.63, 3.8) is 0 Å². The number of imidazole rings is 2. The zero-order valence-corrected chi connectivity index (χ0v) is 14.4. The van der Waals surface area contributed by atoms with E-state index in [4.69, 9.17) is 0 Å². The Morgan fingerprint density at radius 2 is 1.89 bits per heavy atom. The van der Waals surface area contributed by atoms with E-state index in [1.807, 2.05) is 28.2 Å². The molecule has 0 unspecified atom stereocenters. The van der Waals surface area contributed by atoms with Crippen molar-refractivity contribution in [2.24, 2.45) is 0 Å². The maximum absolute atomic E-state index is 12.7. The lowest BCUT2D eigenvalue weighted by Crippen LogP contribution is -2.07. The van der Waals surface area contributed by atoms with Gasteiger partial charge in [-0.25, -0.2) is 15.0 Å². The summed E-state index contributed by atoms with van der Waals surface area (Å²) in [5.74, 6) is 1.09. The zero-order chi connectivity index (χ0) is 19.0. The van der Waals surface area contributed by atoms with E-state index >= 15 is 0 Å². The van der Waals surface area contributed by atoms with Crippen molar-refractivity contribution in [2.75, 3.05) is 0 Å². The van der Waals surface area contributed by atoms with E-state index in [1.165, 1.54) is 6.07 Å². The zero-order valence-electron chi connectivity index (χ0n) is 14.4. The maximum Gasteiger partial charge on any atom is 0.417 e. The van der Waals surface area contributed by atoms with Crippen LogP contribution in [-0.2, 0) is 19.1 Å². The van der Waals surface area contributed by atoms with Crippen molar-refractivity contribution >= 4 is 5.78 Å². The Balaban J connectivity index is 1.69. The first-order valence-electron chi connectivity index (χ1n) is 8.33. The molecule has 0 atom stereocenters. The molecule has 4 aromatic rings. The molecule has 6 nitrogen and oxygen atoms in total. The van der Waals surface area contributed by atoms with Crippen LogP contribution >= 0.6 is 0 Å². The quantitative estimate of drug-likeness (QED) is 0.549. The van der Waals surface area contributed by atoms with Gasteiger partial charge in [0.05, 0.1) is 17.8 Å². The van der Waals surface area contributed by atoms with E-state index < -0.39 is 11.7 Å². The summed E-state index contributed by atoms with van der Waals surface area (Å²) < 4.78 is 42.0. The van der Waals surface area contributed by atoms with Crippen LogP contribution in [0.3, 0.4) is 0 Å². The minimum absolute atomic E-state index is 0.368. The summed E-state index contributed by atoms with van der Waals surface area (Å²) in [7, 11) is 0.